The lowest BCUT2D eigenvalue weighted by atomic mass is 9.79. The lowest BCUT2D eigenvalue weighted by Gasteiger charge is -2.28. The van der Waals surface area contributed by atoms with Gasteiger partial charge in [0.05, 0.1) is 13.2 Å². The summed E-state index contributed by atoms with van der Waals surface area (Å²) in [4.78, 5) is 41.4. The molecule has 1 saturated heterocycles. The molecule has 1 saturated carbocycles. The molecule has 2 fully saturated rings. The molecule has 0 spiro atoms. The number of ether oxygens (including phenoxy) is 1. The normalized spacial score (nSPS) is 20.1. The number of nitrogens with zero attached hydrogens (tertiary/aromatic N) is 1. The topological polar surface area (TPSA) is 102 Å². The Bertz CT molecular complexity index is 1040. The molecule has 7 heteroatoms. The minimum Gasteiger partial charge on any atom is -0.496 e. The molecule has 1 heterocycles. The van der Waals surface area contributed by atoms with Gasteiger partial charge in [-0.1, -0.05) is 109 Å². The monoisotopic (exact) mass is 581 g/mol. The van der Waals surface area contributed by atoms with Gasteiger partial charge in [-0.3, -0.25) is 14.4 Å². The number of Topliss-reactive ketones (excluding diaryl/α,β-unsaturated/α-hetero) is 1. The number of amides is 2. The number of benzene rings is 1. The van der Waals surface area contributed by atoms with Crippen molar-refractivity contribution in [2.75, 3.05) is 13.7 Å². The predicted octanol–water partition coefficient (Wildman–Crippen LogP) is 6.70. The Labute approximate surface area is 254 Å². The Morgan fingerprint density at radius 2 is 1.69 bits per heavy atom. The van der Waals surface area contributed by atoms with Crippen LogP contribution in [0.5, 0.6) is 5.75 Å². The van der Waals surface area contributed by atoms with Crippen molar-refractivity contribution in [3.63, 3.8) is 0 Å². The third-order valence-corrected chi connectivity index (χ3v) is 8.05. The van der Waals surface area contributed by atoms with Gasteiger partial charge in [-0.05, 0) is 43.2 Å². The summed E-state index contributed by atoms with van der Waals surface area (Å²) >= 11 is 0. The smallest absolute Gasteiger partial charge is 0.243 e. The van der Waals surface area contributed by atoms with Gasteiger partial charge in [-0.25, -0.2) is 0 Å². The summed E-state index contributed by atoms with van der Waals surface area (Å²) in [6.45, 7) is 17.5. The number of allylic oxidation sites excluding steroid dienone is 3. The number of nitrogens with two attached hydrogens (primary N) is 1. The van der Waals surface area contributed by atoms with Crippen molar-refractivity contribution in [3.8, 4) is 5.75 Å². The predicted molar refractivity (Wildman–Crippen MR) is 173 cm³/mol. The van der Waals surface area contributed by atoms with Crippen LogP contribution in [0.15, 0.2) is 61.2 Å². The number of hydrogen-bond acceptors (Lipinski definition) is 5. The lowest BCUT2D eigenvalue weighted by molar-refractivity contribution is -0.139. The number of methoxy groups -OCH3 is 1. The average Bonchev–Trinajstić information content (AvgIpc) is 3.48. The van der Waals surface area contributed by atoms with Crippen molar-refractivity contribution in [1.82, 2.24) is 10.2 Å². The van der Waals surface area contributed by atoms with E-state index >= 15 is 0 Å². The van der Waals surface area contributed by atoms with E-state index in [9.17, 15) is 14.4 Å². The molecule has 1 aromatic carbocycles. The highest BCUT2D eigenvalue weighted by atomic mass is 16.5. The second-order valence-electron chi connectivity index (χ2n) is 10.6. The number of rotatable bonds is 12. The van der Waals surface area contributed by atoms with Crippen LogP contribution in [-0.2, 0) is 14.4 Å². The molecule has 2 amide bonds. The summed E-state index contributed by atoms with van der Waals surface area (Å²) in [6, 6.07) is 5.53. The minimum absolute atomic E-state index is 0.0698. The average molecular weight is 582 g/mol. The molecule has 42 heavy (non-hydrogen) atoms. The number of para-hydroxylation sites is 1. The number of carbonyl (C=O) groups excluding carboxylic acids is 3. The second kappa shape index (κ2) is 19.8. The van der Waals surface area contributed by atoms with Crippen LogP contribution >= 0.6 is 0 Å². The zero-order chi connectivity index (χ0) is 31.7. The third kappa shape index (κ3) is 10.6. The van der Waals surface area contributed by atoms with Gasteiger partial charge < -0.3 is 20.7 Å². The zero-order valence-electron chi connectivity index (χ0n) is 26.9. The van der Waals surface area contributed by atoms with Crippen LogP contribution in [0.25, 0.3) is 0 Å². The maximum absolute atomic E-state index is 13.6. The highest BCUT2D eigenvalue weighted by Crippen LogP contribution is 2.38. The maximum atomic E-state index is 13.6. The highest BCUT2D eigenvalue weighted by Gasteiger charge is 2.43. The molecule has 2 aliphatic rings. The molecule has 1 aromatic rings. The first-order valence-corrected chi connectivity index (χ1v) is 15.7. The Balaban J connectivity index is 0.00000211. The first kappa shape index (κ1) is 36.8. The number of nitrogens with one attached hydrogen (secondary N) is 1. The minimum atomic E-state index is -0.701. The number of carbonyl (C=O) groups is 3. The van der Waals surface area contributed by atoms with E-state index in [0.29, 0.717) is 31.1 Å². The van der Waals surface area contributed by atoms with Crippen molar-refractivity contribution >= 4 is 17.6 Å². The van der Waals surface area contributed by atoms with Crippen LogP contribution in [0.3, 0.4) is 0 Å². The summed E-state index contributed by atoms with van der Waals surface area (Å²) in [5.41, 5.74) is 8.03. The number of hydrogen-bond donors (Lipinski definition) is 2. The van der Waals surface area contributed by atoms with E-state index < -0.39 is 18.1 Å². The van der Waals surface area contributed by atoms with Crippen LogP contribution in [0, 0.1) is 11.8 Å². The Hall–Kier alpha value is -3.19. The van der Waals surface area contributed by atoms with Gasteiger partial charge in [0.2, 0.25) is 11.8 Å². The van der Waals surface area contributed by atoms with Crippen molar-refractivity contribution in [3.05, 3.63) is 66.8 Å². The Morgan fingerprint density at radius 3 is 2.26 bits per heavy atom. The van der Waals surface area contributed by atoms with Crippen molar-refractivity contribution < 1.29 is 19.1 Å². The Morgan fingerprint density at radius 1 is 1.05 bits per heavy atom. The van der Waals surface area contributed by atoms with Gasteiger partial charge in [0.25, 0.3) is 0 Å². The molecule has 0 aromatic heterocycles. The summed E-state index contributed by atoms with van der Waals surface area (Å²) in [6.07, 6.45) is 12.0. The zero-order valence-corrected chi connectivity index (χ0v) is 26.9. The third-order valence-electron chi connectivity index (χ3n) is 8.05. The molecule has 3 N–H and O–H groups in total. The van der Waals surface area contributed by atoms with Gasteiger partial charge >= 0.3 is 0 Å². The largest absolute Gasteiger partial charge is 0.496 e. The van der Waals surface area contributed by atoms with Gasteiger partial charge in [-0.2, -0.15) is 0 Å². The first-order chi connectivity index (χ1) is 20.3. The van der Waals surface area contributed by atoms with Crippen LogP contribution in [0.4, 0.5) is 0 Å². The van der Waals surface area contributed by atoms with E-state index in [0.717, 1.165) is 24.0 Å². The fourth-order valence-corrected chi connectivity index (χ4v) is 5.90. The number of likely N-dealkylation sites (tertiary alicyclic amines) is 1. The first-order valence-electron chi connectivity index (χ1n) is 15.7. The van der Waals surface area contributed by atoms with Gasteiger partial charge in [-0.15, -0.1) is 0 Å². The summed E-state index contributed by atoms with van der Waals surface area (Å²) < 4.78 is 5.43. The van der Waals surface area contributed by atoms with Crippen molar-refractivity contribution in [2.24, 2.45) is 17.6 Å². The summed E-state index contributed by atoms with van der Waals surface area (Å²) in [5, 5.41) is 2.94. The highest BCUT2D eigenvalue weighted by molar-refractivity contribution is 5.92. The lowest BCUT2D eigenvalue weighted by Crippen LogP contribution is -2.50. The fraction of sp³-hybridized carbons (Fsp3) is 0.571. The van der Waals surface area contributed by atoms with E-state index in [1.54, 1.807) is 30.2 Å². The van der Waals surface area contributed by atoms with Crippen LogP contribution in [0.1, 0.15) is 97.6 Å². The molecule has 7 nitrogen and oxygen atoms in total. The van der Waals surface area contributed by atoms with Gasteiger partial charge in [0, 0.05) is 24.6 Å². The SMILES string of the molecule is C=C/C=C(\C=C)C[C@H](NC(=O)[C@@H]1CC(C2CCCCC2)CN1C(=O)C[C@H](N)c1ccccc1OC)C(C)=O.CC.CC. The quantitative estimate of drug-likeness (QED) is 0.268. The molecule has 0 bridgehead atoms. The molecular formula is C35H55N3O4. The van der Waals surface area contributed by atoms with E-state index in [2.05, 4.69) is 18.5 Å². The molecule has 1 aliphatic carbocycles. The summed E-state index contributed by atoms with van der Waals surface area (Å²) in [5.74, 6) is 0.819. The van der Waals surface area contributed by atoms with E-state index in [1.807, 2.05) is 52.0 Å². The molecule has 1 aliphatic heterocycles. The standard InChI is InChI=1S/C31H43N3O4.2C2H6/c1-5-12-22(6-2)17-27(21(3)35)33-31(37)28-18-24(23-13-8-7-9-14-23)20-34(28)30(36)19-26(32)25-15-10-11-16-29(25)38-4;2*1-2/h5-6,10-12,15-16,23-24,26-28H,1-2,7-9,13-14,17-20,32H2,3-4H3,(H,33,37);2*1-2H3/b22-12+;;/t24?,26-,27-,28-;;/m0../s1. The molecule has 3 rings (SSSR count). The second-order valence-corrected chi connectivity index (χ2v) is 10.6. The van der Waals surface area contributed by atoms with E-state index in [-0.39, 0.29) is 29.9 Å². The molecule has 4 atom stereocenters. The maximum Gasteiger partial charge on any atom is 0.243 e. The summed E-state index contributed by atoms with van der Waals surface area (Å²) in [7, 11) is 1.58. The van der Waals surface area contributed by atoms with Crippen LogP contribution in [0.2, 0.25) is 0 Å². The van der Waals surface area contributed by atoms with Gasteiger partial charge in [0.1, 0.15) is 11.8 Å². The van der Waals surface area contributed by atoms with Crippen molar-refractivity contribution in [2.45, 2.75) is 104 Å². The van der Waals surface area contributed by atoms with Crippen LogP contribution in [-0.4, -0.2) is 48.2 Å². The van der Waals surface area contributed by atoms with Crippen molar-refractivity contribution in [1.29, 1.82) is 0 Å². The fourth-order valence-electron chi connectivity index (χ4n) is 5.90. The molecule has 234 valence electrons. The van der Waals surface area contributed by atoms with E-state index in [1.165, 1.54) is 26.2 Å². The molecular weight excluding hydrogens is 526 g/mol. The van der Waals surface area contributed by atoms with E-state index in [4.69, 9.17) is 10.5 Å². The molecule has 1 unspecified atom stereocenters. The van der Waals surface area contributed by atoms with Gasteiger partial charge in [0.15, 0.2) is 5.78 Å². The number of ketones is 1. The Kier molecular flexibility index (Phi) is 17.4. The molecule has 0 radical (unpaired) electrons. The van der Waals surface area contributed by atoms with Crippen LogP contribution < -0.4 is 15.8 Å².